The van der Waals surface area contributed by atoms with Gasteiger partial charge in [0.2, 0.25) is 11.3 Å². The molecule has 0 saturated carbocycles. The average Bonchev–Trinajstić information content (AvgIpc) is 2.75. The summed E-state index contributed by atoms with van der Waals surface area (Å²) in [5.74, 6) is -0.160. The van der Waals surface area contributed by atoms with Crippen molar-refractivity contribution >= 4 is 27.0 Å². The van der Waals surface area contributed by atoms with E-state index < -0.39 is 10.2 Å². The summed E-state index contributed by atoms with van der Waals surface area (Å²) in [6.45, 7) is 5.49. The van der Waals surface area contributed by atoms with Gasteiger partial charge >= 0.3 is 0 Å². The maximum Gasteiger partial charge on any atom is 0.282 e. The van der Waals surface area contributed by atoms with Crippen LogP contribution in [0.25, 0.3) is 10.9 Å². The van der Waals surface area contributed by atoms with E-state index in [0.717, 1.165) is 0 Å². The summed E-state index contributed by atoms with van der Waals surface area (Å²) in [5, 5.41) is 4.61. The molecule has 0 N–H and O–H groups in total. The van der Waals surface area contributed by atoms with Crippen LogP contribution in [0, 0.1) is 0 Å². The number of hydrogen-bond acceptors (Lipinski definition) is 6. The van der Waals surface area contributed by atoms with E-state index in [1.807, 2.05) is 13.8 Å². The molecule has 4 rings (SSSR count). The first kappa shape index (κ1) is 21.9. The highest BCUT2D eigenvalue weighted by molar-refractivity contribution is 7.86. The van der Waals surface area contributed by atoms with E-state index in [1.54, 1.807) is 29.2 Å². The summed E-state index contributed by atoms with van der Waals surface area (Å²) in [7, 11) is -3.60. The predicted molar refractivity (Wildman–Crippen MR) is 115 cm³/mol. The number of aromatic nitrogens is 2. The molecule has 2 aromatic rings. The summed E-state index contributed by atoms with van der Waals surface area (Å²) < 4.78 is 36.1. The van der Waals surface area contributed by atoms with Crippen LogP contribution in [0.4, 0.5) is 0 Å². The number of hydrogen-bond donors (Lipinski definition) is 0. The minimum atomic E-state index is -3.60. The molecule has 1 aromatic heterocycles. The number of ether oxygens (including phenoxy) is 1. The van der Waals surface area contributed by atoms with Gasteiger partial charge < -0.3 is 9.64 Å². The van der Waals surface area contributed by atoms with E-state index in [4.69, 9.17) is 4.74 Å². The van der Waals surface area contributed by atoms with Gasteiger partial charge in [-0.3, -0.25) is 14.3 Å². The number of benzene rings is 1. The van der Waals surface area contributed by atoms with Gasteiger partial charge in [-0.2, -0.15) is 22.1 Å². The molecule has 3 heterocycles. The van der Waals surface area contributed by atoms with Gasteiger partial charge in [-0.1, -0.05) is 12.1 Å². The highest BCUT2D eigenvalue weighted by Gasteiger charge is 2.37. The smallest absolute Gasteiger partial charge is 0.282 e. The number of morpholine rings is 1. The van der Waals surface area contributed by atoms with Gasteiger partial charge in [0.1, 0.15) is 6.54 Å². The van der Waals surface area contributed by atoms with Crippen molar-refractivity contribution in [2.24, 2.45) is 0 Å². The molecule has 2 aliphatic heterocycles. The number of piperazine rings is 1. The van der Waals surface area contributed by atoms with Crippen molar-refractivity contribution in [3.05, 3.63) is 40.7 Å². The minimum Gasteiger partial charge on any atom is -0.373 e. The van der Waals surface area contributed by atoms with Crippen molar-refractivity contribution in [3.8, 4) is 0 Å². The second kappa shape index (κ2) is 8.65. The van der Waals surface area contributed by atoms with E-state index >= 15 is 0 Å². The van der Waals surface area contributed by atoms with Crippen LogP contribution >= 0.6 is 0 Å². The van der Waals surface area contributed by atoms with E-state index in [1.165, 1.54) is 19.5 Å². The van der Waals surface area contributed by atoms with Gasteiger partial charge in [-0.15, -0.1) is 0 Å². The third-order valence-corrected chi connectivity index (χ3v) is 7.65. The lowest BCUT2D eigenvalue weighted by atomic mass is 10.2. The van der Waals surface area contributed by atoms with Crippen LogP contribution in [0.1, 0.15) is 13.8 Å². The zero-order chi connectivity index (χ0) is 22.2. The van der Waals surface area contributed by atoms with Crippen molar-refractivity contribution < 1.29 is 17.9 Å². The Morgan fingerprint density at radius 1 is 1.06 bits per heavy atom. The highest BCUT2D eigenvalue weighted by atomic mass is 32.2. The fourth-order valence-corrected chi connectivity index (χ4v) is 5.91. The zero-order valence-corrected chi connectivity index (χ0v) is 18.5. The molecule has 0 bridgehead atoms. The zero-order valence-electron chi connectivity index (χ0n) is 17.7. The first-order chi connectivity index (χ1) is 14.8. The normalized spacial score (nSPS) is 23.9. The fourth-order valence-electron chi connectivity index (χ4n) is 4.17. The molecule has 10 nitrogen and oxygen atoms in total. The number of fused-ring (bicyclic) bond motifs is 1. The summed E-state index contributed by atoms with van der Waals surface area (Å²) in [5.41, 5.74) is 0.407. The Morgan fingerprint density at radius 3 is 2.39 bits per heavy atom. The number of amides is 1. The number of para-hydroxylation sites is 1. The highest BCUT2D eigenvalue weighted by Crippen LogP contribution is 2.19. The number of nitrogens with zero attached hydrogens (tertiary/aromatic N) is 5. The number of carbonyl (C=O) groups excluding carboxylic acids is 1. The summed E-state index contributed by atoms with van der Waals surface area (Å²) in [4.78, 5) is 26.5. The lowest BCUT2D eigenvalue weighted by molar-refractivity contribution is -0.133. The van der Waals surface area contributed by atoms with Crippen molar-refractivity contribution in [2.45, 2.75) is 32.6 Å². The van der Waals surface area contributed by atoms with Gasteiger partial charge in [0, 0.05) is 44.7 Å². The largest absolute Gasteiger partial charge is 0.373 e. The molecule has 1 amide bonds. The Morgan fingerprint density at radius 2 is 1.71 bits per heavy atom. The van der Waals surface area contributed by atoms with Crippen LogP contribution < -0.4 is 5.43 Å². The van der Waals surface area contributed by atoms with Crippen molar-refractivity contribution in [1.29, 1.82) is 0 Å². The molecule has 31 heavy (non-hydrogen) atoms. The summed E-state index contributed by atoms with van der Waals surface area (Å²) >= 11 is 0. The predicted octanol–water partition coefficient (Wildman–Crippen LogP) is -0.105. The van der Waals surface area contributed by atoms with Crippen LogP contribution in [0.2, 0.25) is 0 Å². The SMILES string of the molecule is CC1CN(S(=O)(=O)N2CCN(C(=O)Cn3ncc(=O)c4ccccc43)CC2)CC(C)O1. The van der Waals surface area contributed by atoms with Crippen LogP contribution in [-0.2, 0) is 26.3 Å². The maximum atomic E-state index is 13.0. The molecule has 2 saturated heterocycles. The monoisotopic (exact) mass is 449 g/mol. The van der Waals surface area contributed by atoms with Crippen molar-refractivity contribution in [2.75, 3.05) is 39.3 Å². The van der Waals surface area contributed by atoms with Gasteiger partial charge in [-0.25, -0.2) is 0 Å². The molecule has 2 atom stereocenters. The second-order valence-electron chi connectivity index (χ2n) is 8.05. The third-order valence-electron chi connectivity index (χ3n) is 5.68. The third kappa shape index (κ3) is 4.49. The lowest BCUT2D eigenvalue weighted by Gasteiger charge is -2.40. The van der Waals surface area contributed by atoms with Gasteiger partial charge in [0.05, 0.1) is 23.9 Å². The van der Waals surface area contributed by atoms with E-state index in [-0.39, 0.29) is 43.2 Å². The molecule has 0 aliphatic carbocycles. The fraction of sp³-hybridized carbons (Fsp3) is 0.550. The molecule has 1 aromatic carbocycles. The molecule has 0 radical (unpaired) electrons. The van der Waals surface area contributed by atoms with Crippen molar-refractivity contribution in [3.63, 3.8) is 0 Å². The van der Waals surface area contributed by atoms with Crippen LogP contribution in [-0.4, -0.2) is 89.1 Å². The van der Waals surface area contributed by atoms with E-state index in [0.29, 0.717) is 37.1 Å². The Hall–Kier alpha value is -2.34. The first-order valence-electron chi connectivity index (χ1n) is 10.4. The van der Waals surface area contributed by atoms with Crippen LogP contribution in [0.15, 0.2) is 35.3 Å². The molecule has 168 valence electrons. The Labute approximate surface area is 181 Å². The van der Waals surface area contributed by atoms with Gasteiger partial charge in [0.15, 0.2) is 0 Å². The second-order valence-corrected chi connectivity index (χ2v) is 9.97. The number of rotatable bonds is 4. The first-order valence-corrected chi connectivity index (χ1v) is 11.8. The Kier molecular flexibility index (Phi) is 6.11. The minimum absolute atomic E-state index is 0.00790. The molecule has 2 unspecified atom stereocenters. The standard InChI is InChI=1S/C20H27N5O5S/c1-15-12-24(13-16(2)30-15)31(28,29)23-9-7-22(8-10-23)20(27)14-25-18-6-4-3-5-17(18)19(26)11-21-25/h3-6,11,15-16H,7-10,12-14H2,1-2H3. The van der Waals surface area contributed by atoms with Crippen LogP contribution in [0.5, 0.6) is 0 Å². The molecular formula is C20H27N5O5S. The average molecular weight is 450 g/mol. The van der Waals surface area contributed by atoms with Gasteiger partial charge in [-0.05, 0) is 26.0 Å². The Bertz CT molecular complexity index is 1120. The number of carbonyl (C=O) groups is 1. The summed E-state index contributed by atoms with van der Waals surface area (Å²) in [6, 6.07) is 7.02. The molecule has 0 spiro atoms. The van der Waals surface area contributed by atoms with Gasteiger partial charge in [0.25, 0.3) is 10.2 Å². The van der Waals surface area contributed by atoms with E-state index in [9.17, 15) is 18.0 Å². The molecular weight excluding hydrogens is 422 g/mol. The van der Waals surface area contributed by atoms with Crippen LogP contribution in [0.3, 0.4) is 0 Å². The summed E-state index contributed by atoms with van der Waals surface area (Å²) in [6.07, 6.45) is 0.910. The molecule has 11 heteroatoms. The quantitative estimate of drug-likeness (QED) is 0.645. The molecule has 2 aliphatic rings. The maximum absolute atomic E-state index is 13.0. The van der Waals surface area contributed by atoms with Crippen molar-refractivity contribution in [1.82, 2.24) is 23.3 Å². The lowest BCUT2D eigenvalue weighted by Crippen LogP contribution is -2.57. The molecule has 2 fully saturated rings. The van der Waals surface area contributed by atoms with E-state index in [2.05, 4.69) is 5.10 Å². The topological polar surface area (TPSA) is 105 Å². The Balaban J connectivity index is 1.41.